The maximum atomic E-state index is 13.1. The molecule has 1 aromatic rings. The van der Waals surface area contributed by atoms with Gasteiger partial charge in [-0.05, 0) is 6.92 Å². The van der Waals surface area contributed by atoms with Crippen molar-refractivity contribution < 1.29 is 18.3 Å². The first kappa shape index (κ1) is 10.4. The van der Waals surface area contributed by atoms with E-state index < -0.39 is 17.4 Å². The van der Waals surface area contributed by atoms with Crippen molar-refractivity contribution in [3.8, 4) is 5.75 Å². The van der Waals surface area contributed by atoms with Crippen LogP contribution in [0.1, 0.15) is 6.92 Å². The number of benzene rings is 1. The van der Waals surface area contributed by atoms with E-state index in [0.29, 0.717) is 6.41 Å². The van der Waals surface area contributed by atoms with E-state index in [4.69, 9.17) is 4.74 Å². The second kappa shape index (κ2) is 4.55. The molecule has 0 heterocycles. The van der Waals surface area contributed by atoms with E-state index in [2.05, 4.69) is 5.32 Å². The number of hydrogen-bond acceptors (Lipinski definition) is 2. The molecular formula is C9H9F2NO2. The molecule has 0 saturated heterocycles. The second-order valence-corrected chi connectivity index (χ2v) is 2.46. The molecule has 1 aromatic carbocycles. The lowest BCUT2D eigenvalue weighted by molar-refractivity contribution is -0.105. The fourth-order valence-electron chi connectivity index (χ4n) is 0.993. The van der Waals surface area contributed by atoms with Crippen molar-refractivity contribution in [2.45, 2.75) is 6.92 Å². The van der Waals surface area contributed by atoms with Gasteiger partial charge in [0, 0.05) is 17.8 Å². The van der Waals surface area contributed by atoms with Gasteiger partial charge < -0.3 is 10.1 Å². The first-order chi connectivity index (χ1) is 6.69. The van der Waals surface area contributed by atoms with Gasteiger partial charge in [-0.25, -0.2) is 8.78 Å². The lowest BCUT2D eigenvalue weighted by atomic mass is 10.2. The van der Waals surface area contributed by atoms with Gasteiger partial charge in [0.2, 0.25) is 6.41 Å². The predicted octanol–water partition coefficient (Wildman–Crippen LogP) is 1.93. The highest BCUT2D eigenvalue weighted by Crippen LogP contribution is 2.25. The van der Waals surface area contributed by atoms with Gasteiger partial charge in [0.25, 0.3) is 0 Å². The summed E-state index contributed by atoms with van der Waals surface area (Å²) < 4.78 is 30.9. The minimum absolute atomic E-state index is 0.0541. The number of carbonyl (C=O) groups is 1. The summed E-state index contributed by atoms with van der Waals surface area (Å²) in [5.74, 6) is -2.10. The highest BCUT2D eigenvalue weighted by Gasteiger charge is 2.11. The molecule has 0 aliphatic heterocycles. The number of amides is 1. The number of halogens is 2. The molecule has 0 atom stereocenters. The van der Waals surface area contributed by atoms with Crippen LogP contribution in [0, 0.1) is 11.6 Å². The third-order valence-corrected chi connectivity index (χ3v) is 1.51. The summed E-state index contributed by atoms with van der Waals surface area (Å²) in [6.07, 6.45) is 0.342. The van der Waals surface area contributed by atoms with Crippen molar-refractivity contribution in [2.24, 2.45) is 0 Å². The lowest BCUT2D eigenvalue weighted by Gasteiger charge is -2.07. The van der Waals surface area contributed by atoms with Gasteiger partial charge in [0.05, 0.1) is 6.61 Å². The van der Waals surface area contributed by atoms with Crippen molar-refractivity contribution in [3.63, 3.8) is 0 Å². The van der Waals surface area contributed by atoms with E-state index in [9.17, 15) is 13.6 Å². The molecule has 0 unspecified atom stereocenters. The van der Waals surface area contributed by atoms with Crippen LogP contribution in [0.5, 0.6) is 5.75 Å². The number of ether oxygens (including phenoxy) is 1. The summed E-state index contributed by atoms with van der Waals surface area (Å²) in [5, 5.41) is 2.14. The molecule has 0 aliphatic carbocycles. The van der Waals surface area contributed by atoms with Crippen LogP contribution >= 0.6 is 0 Å². The summed E-state index contributed by atoms with van der Waals surface area (Å²) in [6, 6.07) is 1.98. The molecule has 1 amide bonds. The van der Waals surface area contributed by atoms with Gasteiger partial charge in [-0.2, -0.15) is 0 Å². The summed E-state index contributed by atoms with van der Waals surface area (Å²) in [5.41, 5.74) is 0.0541. The third kappa shape index (κ3) is 2.18. The van der Waals surface area contributed by atoms with Crippen molar-refractivity contribution in [3.05, 3.63) is 23.8 Å². The summed E-state index contributed by atoms with van der Waals surface area (Å²) in [6.45, 7) is 1.80. The first-order valence-corrected chi connectivity index (χ1v) is 4.01. The fourth-order valence-corrected chi connectivity index (χ4v) is 0.993. The molecular weight excluding hydrogens is 192 g/mol. The van der Waals surface area contributed by atoms with E-state index >= 15 is 0 Å². The molecule has 1 N–H and O–H groups in total. The van der Waals surface area contributed by atoms with Crippen LogP contribution in [0.15, 0.2) is 12.1 Å². The number of anilines is 1. The predicted molar refractivity (Wildman–Crippen MR) is 47.2 cm³/mol. The molecule has 0 bridgehead atoms. The Morgan fingerprint density at radius 1 is 1.43 bits per heavy atom. The summed E-state index contributed by atoms with van der Waals surface area (Å²) in [7, 11) is 0. The fraction of sp³-hybridized carbons (Fsp3) is 0.222. The van der Waals surface area contributed by atoms with Gasteiger partial charge in [-0.3, -0.25) is 4.79 Å². The molecule has 0 radical (unpaired) electrons. The van der Waals surface area contributed by atoms with Crippen molar-refractivity contribution in [1.29, 1.82) is 0 Å². The summed E-state index contributed by atoms with van der Waals surface area (Å²) in [4.78, 5) is 10.0. The zero-order valence-corrected chi connectivity index (χ0v) is 7.51. The highest BCUT2D eigenvalue weighted by molar-refractivity contribution is 5.71. The zero-order valence-electron chi connectivity index (χ0n) is 7.51. The van der Waals surface area contributed by atoms with Crippen LogP contribution in [0.2, 0.25) is 0 Å². The minimum Gasteiger partial charge on any atom is -0.488 e. The SMILES string of the molecule is CCOc1c(F)cc(NC=O)cc1F. The number of rotatable bonds is 4. The van der Waals surface area contributed by atoms with Crippen molar-refractivity contribution in [1.82, 2.24) is 0 Å². The number of nitrogens with one attached hydrogen (secondary N) is 1. The van der Waals surface area contributed by atoms with Gasteiger partial charge in [-0.15, -0.1) is 0 Å². The van der Waals surface area contributed by atoms with Crippen LogP contribution in [-0.4, -0.2) is 13.0 Å². The largest absolute Gasteiger partial charge is 0.488 e. The Kier molecular flexibility index (Phi) is 3.39. The first-order valence-electron chi connectivity index (χ1n) is 4.01. The Labute approximate surface area is 79.7 Å². The number of carbonyl (C=O) groups excluding carboxylic acids is 1. The smallest absolute Gasteiger partial charge is 0.211 e. The van der Waals surface area contributed by atoms with E-state index in [1.165, 1.54) is 0 Å². The Morgan fingerprint density at radius 2 is 2.00 bits per heavy atom. The van der Waals surface area contributed by atoms with Crippen molar-refractivity contribution in [2.75, 3.05) is 11.9 Å². The van der Waals surface area contributed by atoms with Crippen LogP contribution in [0.3, 0.4) is 0 Å². The number of hydrogen-bond donors (Lipinski definition) is 1. The van der Waals surface area contributed by atoms with Crippen LogP contribution in [-0.2, 0) is 4.79 Å². The second-order valence-electron chi connectivity index (χ2n) is 2.46. The Hall–Kier alpha value is -1.65. The van der Waals surface area contributed by atoms with Gasteiger partial charge >= 0.3 is 0 Å². The molecule has 76 valence electrons. The third-order valence-electron chi connectivity index (χ3n) is 1.51. The molecule has 0 aliphatic rings. The Bertz CT molecular complexity index is 319. The molecule has 5 heteroatoms. The van der Waals surface area contributed by atoms with E-state index in [1.807, 2.05) is 0 Å². The van der Waals surface area contributed by atoms with E-state index in [1.54, 1.807) is 6.92 Å². The molecule has 0 spiro atoms. The average Bonchev–Trinajstić information content (AvgIpc) is 2.12. The van der Waals surface area contributed by atoms with Crippen LogP contribution in [0.25, 0.3) is 0 Å². The molecule has 0 aromatic heterocycles. The molecule has 0 fully saturated rings. The minimum atomic E-state index is -0.837. The molecule has 3 nitrogen and oxygen atoms in total. The molecule has 14 heavy (non-hydrogen) atoms. The van der Waals surface area contributed by atoms with Crippen molar-refractivity contribution >= 4 is 12.1 Å². The molecule has 1 rings (SSSR count). The Morgan fingerprint density at radius 3 is 2.43 bits per heavy atom. The monoisotopic (exact) mass is 201 g/mol. The topological polar surface area (TPSA) is 38.3 Å². The standard InChI is InChI=1S/C9H9F2NO2/c1-2-14-9-7(10)3-6(12-5-13)4-8(9)11/h3-5H,2H2,1H3,(H,12,13). The van der Waals surface area contributed by atoms with Gasteiger partial charge in [0.1, 0.15) is 0 Å². The maximum absolute atomic E-state index is 13.1. The normalized spacial score (nSPS) is 9.64. The van der Waals surface area contributed by atoms with Crippen LogP contribution in [0.4, 0.5) is 14.5 Å². The quantitative estimate of drug-likeness (QED) is 0.756. The zero-order chi connectivity index (χ0) is 10.6. The highest BCUT2D eigenvalue weighted by atomic mass is 19.1. The van der Waals surface area contributed by atoms with E-state index in [-0.39, 0.29) is 12.3 Å². The van der Waals surface area contributed by atoms with E-state index in [0.717, 1.165) is 12.1 Å². The van der Waals surface area contributed by atoms with Crippen LogP contribution < -0.4 is 10.1 Å². The maximum Gasteiger partial charge on any atom is 0.211 e. The summed E-state index contributed by atoms with van der Waals surface area (Å²) >= 11 is 0. The Balaban J connectivity index is 3.04. The lowest BCUT2D eigenvalue weighted by Crippen LogP contribution is -2.01. The van der Waals surface area contributed by atoms with Gasteiger partial charge in [0.15, 0.2) is 17.4 Å². The molecule has 0 saturated carbocycles. The average molecular weight is 201 g/mol. The van der Waals surface area contributed by atoms with Gasteiger partial charge in [-0.1, -0.05) is 0 Å².